The van der Waals surface area contributed by atoms with Crippen molar-refractivity contribution in [3.05, 3.63) is 29.8 Å². The average molecular weight is 331 g/mol. The number of nitrogens with one attached hydrogen (secondary N) is 1. The van der Waals surface area contributed by atoms with Crippen LogP contribution in [-0.2, 0) is 14.3 Å². The molecule has 3 rings (SSSR count). The van der Waals surface area contributed by atoms with Crippen LogP contribution in [0.4, 0.5) is 5.69 Å². The molecular formula is C17H21N3O4. The zero-order valence-corrected chi connectivity index (χ0v) is 13.4. The molecule has 1 aromatic rings. The second-order valence-corrected chi connectivity index (χ2v) is 6.27. The lowest BCUT2D eigenvalue weighted by Gasteiger charge is -2.33. The van der Waals surface area contributed by atoms with Gasteiger partial charge in [-0.3, -0.25) is 9.59 Å². The van der Waals surface area contributed by atoms with Crippen LogP contribution in [0.5, 0.6) is 0 Å². The molecule has 7 nitrogen and oxygen atoms in total. The van der Waals surface area contributed by atoms with Crippen LogP contribution in [0.1, 0.15) is 29.6 Å². The average Bonchev–Trinajstić information content (AvgIpc) is 3.00. The van der Waals surface area contributed by atoms with Crippen LogP contribution < -0.4 is 16.0 Å². The molecule has 2 aliphatic heterocycles. The van der Waals surface area contributed by atoms with Gasteiger partial charge in [0.05, 0.1) is 24.4 Å². The summed E-state index contributed by atoms with van der Waals surface area (Å²) < 4.78 is 5.30. The summed E-state index contributed by atoms with van der Waals surface area (Å²) in [5, 5.41) is 2.63. The topological polar surface area (TPSA) is 102 Å². The number of nitrogens with zero attached hydrogens (tertiary/aromatic N) is 1. The highest BCUT2D eigenvalue weighted by Gasteiger charge is 2.26. The fraction of sp³-hybridized carbons (Fsp3) is 0.471. The van der Waals surface area contributed by atoms with Crippen LogP contribution in [0.3, 0.4) is 0 Å². The molecule has 0 radical (unpaired) electrons. The lowest BCUT2D eigenvalue weighted by atomic mass is 9.97. The van der Waals surface area contributed by atoms with E-state index in [0.29, 0.717) is 18.7 Å². The molecule has 0 unspecified atom stereocenters. The van der Waals surface area contributed by atoms with Gasteiger partial charge in [-0.25, -0.2) is 4.79 Å². The number of rotatable bonds is 4. The number of primary amides is 1. The van der Waals surface area contributed by atoms with E-state index in [4.69, 9.17) is 10.5 Å². The Hall–Kier alpha value is -2.57. The van der Waals surface area contributed by atoms with Crippen molar-refractivity contribution in [3.8, 4) is 0 Å². The van der Waals surface area contributed by atoms with Gasteiger partial charge in [-0.2, -0.15) is 0 Å². The van der Waals surface area contributed by atoms with Crippen molar-refractivity contribution >= 4 is 23.5 Å². The highest BCUT2D eigenvalue weighted by Crippen LogP contribution is 2.23. The summed E-state index contributed by atoms with van der Waals surface area (Å²) in [6.07, 6.45) is 1.56. The molecule has 0 saturated carbocycles. The number of amides is 2. The minimum absolute atomic E-state index is 0.0998. The van der Waals surface area contributed by atoms with E-state index in [9.17, 15) is 14.4 Å². The second-order valence-electron chi connectivity index (χ2n) is 6.27. The van der Waals surface area contributed by atoms with E-state index in [1.54, 1.807) is 12.1 Å². The Balaban J connectivity index is 1.61. The molecule has 3 N–H and O–H groups in total. The predicted molar refractivity (Wildman–Crippen MR) is 87.4 cm³/mol. The smallest absolute Gasteiger partial charge is 0.338 e. The fourth-order valence-corrected chi connectivity index (χ4v) is 3.13. The van der Waals surface area contributed by atoms with Crippen LogP contribution in [0.25, 0.3) is 0 Å². The maximum absolute atomic E-state index is 12.1. The standard InChI is InChI=1S/C17H21N3O4/c18-16(22)12-2-1-7-20(10-12)13-5-3-11(4-6-13)17(23)24-14-8-15(21)19-9-14/h3-6,12,14H,1-2,7-10H2,(H2,18,22)(H,19,21)/t12-,14+/m1/s1. The molecular weight excluding hydrogens is 310 g/mol. The van der Waals surface area contributed by atoms with E-state index in [1.807, 2.05) is 12.1 Å². The summed E-state index contributed by atoms with van der Waals surface area (Å²) in [6, 6.07) is 7.10. The van der Waals surface area contributed by atoms with Crippen LogP contribution in [-0.4, -0.2) is 43.5 Å². The van der Waals surface area contributed by atoms with Crippen molar-refractivity contribution in [2.24, 2.45) is 11.7 Å². The molecule has 0 spiro atoms. The molecule has 2 fully saturated rings. The Morgan fingerprint density at radius 1 is 1.25 bits per heavy atom. The van der Waals surface area contributed by atoms with E-state index in [0.717, 1.165) is 25.1 Å². The Kier molecular flexibility index (Phi) is 4.69. The zero-order valence-electron chi connectivity index (χ0n) is 13.4. The van der Waals surface area contributed by atoms with Gasteiger partial charge in [0.25, 0.3) is 0 Å². The summed E-state index contributed by atoms with van der Waals surface area (Å²) in [6.45, 7) is 1.84. The third kappa shape index (κ3) is 3.67. The number of hydrogen-bond donors (Lipinski definition) is 2. The van der Waals surface area contributed by atoms with Crippen LogP contribution in [0.15, 0.2) is 24.3 Å². The van der Waals surface area contributed by atoms with Gasteiger partial charge in [-0.05, 0) is 37.1 Å². The van der Waals surface area contributed by atoms with E-state index < -0.39 is 12.1 Å². The molecule has 0 aliphatic carbocycles. The van der Waals surface area contributed by atoms with Crippen LogP contribution in [0.2, 0.25) is 0 Å². The Labute approximate surface area is 140 Å². The molecule has 24 heavy (non-hydrogen) atoms. The van der Waals surface area contributed by atoms with E-state index in [1.165, 1.54) is 0 Å². The zero-order chi connectivity index (χ0) is 17.1. The van der Waals surface area contributed by atoms with Gasteiger partial charge in [-0.15, -0.1) is 0 Å². The van der Waals surface area contributed by atoms with Crippen molar-refractivity contribution in [1.82, 2.24) is 5.32 Å². The maximum atomic E-state index is 12.1. The first-order valence-corrected chi connectivity index (χ1v) is 8.15. The number of hydrogen-bond acceptors (Lipinski definition) is 5. The van der Waals surface area contributed by atoms with E-state index >= 15 is 0 Å². The van der Waals surface area contributed by atoms with Gasteiger partial charge < -0.3 is 20.7 Å². The molecule has 2 atom stereocenters. The number of nitrogens with two attached hydrogens (primary N) is 1. The Bertz CT molecular complexity index is 644. The quantitative estimate of drug-likeness (QED) is 0.779. The first-order valence-electron chi connectivity index (χ1n) is 8.15. The number of ether oxygens (including phenoxy) is 1. The molecule has 0 aromatic heterocycles. The summed E-state index contributed by atoms with van der Waals surface area (Å²) in [4.78, 5) is 36.7. The first-order chi connectivity index (χ1) is 11.5. The predicted octanol–water partition coefficient (Wildman–Crippen LogP) is 0.434. The molecule has 128 valence electrons. The number of benzene rings is 1. The second kappa shape index (κ2) is 6.90. The normalized spacial score (nSPS) is 23.7. The molecule has 0 bridgehead atoms. The fourth-order valence-electron chi connectivity index (χ4n) is 3.13. The third-order valence-electron chi connectivity index (χ3n) is 4.51. The highest BCUT2D eigenvalue weighted by atomic mass is 16.5. The SMILES string of the molecule is NC(=O)[C@@H]1CCCN(c2ccc(C(=O)O[C@@H]3CNC(=O)C3)cc2)C1. The molecule has 2 amide bonds. The van der Waals surface area contributed by atoms with E-state index in [-0.39, 0.29) is 24.2 Å². The Morgan fingerprint density at radius 3 is 2.62 bits per heavy atom. The van der Waals surface area contributed by atoms with Gasteiger partial charge in [-0.1, -0.05) is 0 Å². The first kappa shape index (κ1) is 16.3. The monoisotopic (exact) mass is 331 g/mol. The number of carbonyl (C=O) groups is 3. The maximum Gasteiger partial charge on any atom is 0.338 e. The summed E-state index contributed by atoms with van der Waals surface area (Å²) in [7, 11) is 0. The molecule has 2 aliphatic rings. The lowest BCUT2D eigenvalue weighted by molar-refractivity contribution is -0.122. The van der Waals surface area contributed by atoms with Crippen LogP contribution in [0, 0.1) is 5.92 Å². The summed E-state index contributed by atoms with van der Waals surface area (Å²) >= 11 is 0. The van der Waals surface area contributed by atoms with Crippen molar-refractivity contribution in [1.29, 1.82) is 0 Å². The number of esters is 1. The highest BCUT2D eigenvalue weighted by molar-refractivity contribution is 5.90. The van der Waals surface area contributed by atoms with Gasteiger partial charge in [0.2, 0.25) is 11.8 Å². The van der Waals surface area contributed by atoms with Crippen molar-refractivity contribution in [2.75, 3.05) is 24.5 Å². The molecule has 7 heteroatoms. The summed E-state index contributed by atoms with van der Waals surface area (Å²) in [5.41, 5.74) is 6.80. The van der Waals surface area contributed by atoms with Gasteiger partial charge >= 0.3 is 5.97 Å². The van der Waals surface area contributed by atoms with Gasteiger partial charge in [0, 0.05) is 18.8 Å². The van der Waals surface area contributed by atoms with Crippen molar-refractivity contribution < 1.29 is 19.1 Å². The van der Waals surface area contributed by atoms with Crippen molar-refractivity contribution in [3.63, 3.8) is 0 Å². The molecule has 2 heterocycles. The van der Waals surface area contributed by atoms with Crippen molar-refractivity contribution in [2.45, 2.75) is 25.4 Å². The minimum atomic E-state index is -0.434. The number of carbonyl (C=O) groups excluding carboxylic acids is 3. The minimum Gasteiger partial charge on any atom is -0.456 e. The number of piperidine rings is 1. The van der Waals surface area contributed by atoms with E-state index in [2.05, 4.69) is 10.2 Å². The molecule has 1 aromatic carbocycles. The number of anilines is 1. The Morgan fingerprint density at radius 2 is 2.00 bits per heavy atom. The summed E-state index contributed by atoms with van der Waals surface area (Å²) in [5.74, 6) is -0.927. The largest absolute Gasteiger partial charge is 0.456 e. The lowest BCUT2D eigenvalue weighted by Crippen LogP contribution is -2.41. The van der Waals surface area contributed by atoms with Gasteiger partial charge in [0.1, 0.15) is 6.10 Å². The van der Waals surface area contributed by atoms with Crippen LogP contribution >= 0.6 is 0 Å². The third-order valence-corrected chi connectivity index (χ3v) is 4.51. The molecule has 2 saturated heterocycles. The van der Waals surface area contributed by atoms with Gasteiger partial charge in [0.15, 0.2) is 0 Å².